The summed E-state index contributed by atoms with van der Waals surface area (Å²) in [5.41, 5.74) is -0.164. The Morgan fingerprint density at radius 1 is 1.26 bits per heavy atom. The Morgan fingerprint density at radius 2 is 1.96 bits per heavy atom. The molecule has 27 heavy (non-hydrogen) atoms. The molecule has 2 aromatic carbocycles. The Labute approximate surface area is 159 Å². The molecule has 0 aliphatic rings. The molecule has 0 radical (unpaired) electrons. The van der Waals surface area contributed by atoms with E-state index in [0.717, 1.165) is 6.07 Å². The number of benzene rings is 2. The zero-order chi connectivity index (χ0) is 20.0. The summed E-state index contributed by atoms with van der Waals surface area (Å²) in [6.07, 6.45) is 0. The summed E-state index contributed by atoms with van der Waals surface area (Å²) >= 11 is 5.74. The standard InChI is InChI=1S/C17H15ClN4O5/c1-10(23)16(17(24)19-13-5-3-4-6-15(13)27-2)21-20-12-8-7-11(18)9-14(12)22(25)26/h3-9,16H,1-2H3,(H,19,24). The Bertz CT molecular complexity index is 916. The number of ketones is 1. The molecule has 2 rings (SSSR count). The monoisotopic (exact) mass is 390 g/mol. The van der Waals surface area contributed by atoms with Crippen molar-refractivity contribution in [1.82, 2.24) is 0 Å². The highest BCUT2D eigenvalue weighted by Crippen LogP contribution is 2.31. The molecule has 0 aromatic heterocycles. The molecule has 1 N–H and O–H groups in total. The van der Waals surface area contributed by atoms with E-state index < -0.39 is 28.3 Å². The number of para-hydroxylation sites is 2. The van der Waals surface area contributed by atoms with Gasteiger partial charge < -0.3 is 10.1 Å². The van der Waals surface area contributed by atoms with Crippen molar-refractivity contribution in [2.45, 2.75) is 13.0 Å². The molecule has 9 nitrogen and oxygen atoms in total. The van der Waals surface area contributed by atoms with Crippen LogP contribution in [0.2, 0.25) is 5.02 Å². The summed E-state index contributed by atoms with van der Waals surface area (Å²) in [6.45, 7) is 1.17. The second-order valence-electron chi connectivity index (χ2n) is 5.31. The number of Topliss-reactive ketones (excluding diaryl/α,β-unsaturated/α-hetero) is 1. The van der Waals surface area contributed by atoms with Gasteiger partial charge in [0.15, 0.2) is 11.5 Å². The highest BCUT2D eigenvalue weighted by atomic mass is 35.5. The molecular formula is C17H15ClN4O5. The number of carbonyl (C=O) groups is 2. The van der Waals surface area contributed by atoms with Crippen LogP contribution in [0.4, 0.5) is 17.1 Å². The second kappa shape index (κ2) is 8.86. The van der Waals surface area contributed by atoms with Crippen molar-refractivity contribution in [3.63, 3.8) is 0 Å². The zero-order valence-electron chi connectivity index (χ0n) is 14.4. The van der Waals surface area contributed by atoms with Crippen LogP contribution in [-0.2, 0) is 9.59 Å². The molecule has 10 heteroatoms. The fourth-order valence-corrected chi connectivity index (χ4v) is 2.28. The number of azo groups is 1. The van der Waals surface area contributed by atoms with Crippen LogP contribution < -0.4 is 10.1 Å². The van der Waals surface area contributed by atoms with E-state index in [-0.39, 0.29) is 10.7 Å². The minimum atomic E-state index is -1.48. The zero-order valence-corrected chi connectivity index (χ0v) is 15.1. The fraction of sp³-hybridized carbons (Fsp3) is 0.176. The van der Waals surface area contributed by atoms with E-state index in [1.54, 1.807) is 24.3 Å². The number of ether oxygens (including phenoxy) is 1. The number of hydrogen-bond donors (Lipinski definition) is 1. The lowest BCUT2D eigenvalue weighted by Gasteiger charge is -2.12. The Hall–Kier alpha value is -3.33. The van der Waals surface area contributed by atoms with Gasteiger partial charge in [-0.2, -0.15) is 5.11 Å². The van der Waals surface area contributed by atoms with Crippen molar-refractivity contribution in [3.05, 3.63) is 57.6 Å². The quantitative estimate of drug-likeness (QED) is 0.332. The van der Waals surface area contributed by atoms with Crippen LogP contribution in [0.25, 0.3) is 0 Å². The molecule has 2 aromatic rings. The smallest absolute Gasteiger partial charge is 0.298 e. The SMILES string of the molecule is COc1ccccc1NC(=O)C(N=Nc1ccc(Cl)cc1[N+](=O)[O-])C(C)=O. The average Bonchev–Trinajstić information content (AvgIpc) is 2.63. The average molecular weight is 391 g/mol. The highest BCUT2D eigenvalue weighted by molar-refractivity contribution is 6.30. The third-order valence-electron chi connectivity index (χ3n) is 3.41. The minimum Gasteiger partial charge on any atom is -0.495 e. The van der Waals surface area contributed by atoms with E-state index in [1.807, 2.05) is 0 Å². The molecule has 0 saturated carbocycles. The number of anilines is 1. The maximum absolute atomic E-state index is 12.4. The van der Waals surface area contributed by atoms with Gasteiger partial charge in [0.2, 0.25) is 6.04 Å². The van der Waals surface area contributed by atoms with Crippen molar-refractivity contribution in [3.8, 4) is 5.75 Å². The number of rotatable bonds is 7. The van der Waals surface area contributed by atoms with E-state index >= 15 is 0 Å². The summed E-state index contributed by atoms with van der Waals surface area (Å²) in [4.78, 5) is 34.6. The third-order valence-corrected chi connectivity index (χ3v) is 3.65. The minimum absolute atomic E-state index is 0.124. The van der Waals surface area contributed by atoms with Crippen LogP contribution in [0.3, 0.4) is 0 Å². The predicted octanol–water partition coefficient (Wildman–Crippen LogP) is 3.94. The van der Waals surface area contributed by atoms with Crippen LogP contribution in [0.5, 0.6) is 5.75 Å². The van der Waals surface area contributed by atoms with Crippen LogP contribution in [0.1, 0.15) is 6.92 Å². The lowest BCUT2D eigenvalue weighted by Crippen LogP contribution is -2.31. The molecular weight excluding hydrogens is 376 g/mol. The Kier molecular flexibility index (Phi) is 6.56. The van der Waals surface area contributed by atoms with Crippen molar-refractivity contribution in [2.75, 3.05) is 12.4 Å². The second-order valence-corrected chi connectivity index (χ2v) is 5.74. The van der Waals surface area contributed by atoms with Crippen molar-refractivity contribution in [2.24, 2.45) is 10.2 Å². The van der Waals surface area contributed by atoms with Gasteiger partial charge in [-0.1, -0.05) is 23.7 Å². The van der Waals surface area contributed by atoms with Gasteiger partial charge in [-0.3, -0.25) is 19.7 Å². The van der Waals surface area contributed by atoms with E-state index in [4.69, 9.17) is 16.3 Å². The summed E-state index contributed by atoms with van der Waals surface area (Å²) in [7, 11) is 1.44. The molecule has 1 atom stereocenters. The van der Waals surface area contributed by atoms with Crippen molar-refractivity contribution in [1.29, 1.82) is 0 Å². The van der Waals surface area contributed by atoms with E-state index in [0.29, 0.717) is 11.4 Å². The molecule has 0 spiro atoms. The van der Waals surface area contributed by atoms with Gasteiger partial charge in [0, 0.05) is 11.1 Å². The van der Waals surface area contributed by atoms with Gasteiger partial charge in [-0.15, -0.1) is 5.11 Å². The highest BCUT2D eigenvalue weighted by Gasteiger charge is 2.25. The molecule has 0 aliphatic carbocycles. The maximum Gasteiger partial charge on any atom is 0.298 e. The molecule has 140 valence electrons. The van der Waals surface area contributed by atoms with E-state index in [9.17, 15) is 19.7 Å². The number of halogens is 1. The number of carbonyl (C=O) groups excluding carboxylic acids is 2. The van der Waals surface area contributed by atoms with Crippen LogP contribution in [-0.4, -0.2) is 29.8 Å². The first-order valence-electron chi connectivity index (χ1n) is 7.62. The number of nitro benzene ring substituents is 1. The molecule has 0 saturated heterocycles. The predicted molar refractivity (Wildman–Crippen MR) is 98.7 cm³/mol. The molecule has 0 fully saturated rings. The van der Waals surface area contributed by atoms with Crippen LogP contribution >= 0.6 is 11.6 Å². The van der Waals surface area contributed by atoms with E-state index in [1.165, 1.54) is 26.2 Å². The van der Waals surface area contributed by atoms with Gasteiger partial charge in [0.05, 0.1) is 17.7 Å². The number of nitrogens with zero attached hydrogens (tertiary/aromatic N) is 3. The van der Waals surface area contributed by atoms with Gasteiger partial charge in [0.1, 0.15) is 5.75 Å². The van der Waals surface area contributed by atoms with Gasteiger partial charge in [-0.25, -0.2) is 0 Å². The van der Waals surface area contributed by atoms with Crippen molar-refractivity contribution < 1.29 is 19.2 Å². The normalized spacial score (nSPS) is 11.8. The Balaban J connectivity index is 2.28. The summed E-state index contributed by atoms with van der Waals surface area (Å²) in [5, 5.41) is 21.2. The first-order chi connectivity index (χ1) is 12.8. The molecule has 1 amide bonds. The Morgan fingerprint density at radius 3 is 2.59 bits per heavy atom. The molecule has 0 heterocycles. The largest absolute Gasteiger partial charge is 0.495 e. The topological polar surface area (TPSA) is 123 Å². The summed E-state index contributed by atoms with van der Waals surface area (Å²) in [5.74, 6) is -0.923. The van der Waals surface area contributed by atoms with Crippen molar-refractivity contribution >= 4 is 40.4 Å². The summed E-state index contributed by atoms with van der Waals surface area (Å²) in [6, 6.07) is 8.92. The fourth-order valence-electron chi connectivity index (χ4n) is 2.11. The number of amides is 1. The molecule has 0 aliphatic heterocycles. The molecule has 1 unspecified atom stereocenters. The first-order valence-corrected chi connectivity index (χ1v) is 8.00. The lowest BCUT2D eigenvalue weighted by atomic mass is 10.2. The van der Waals surface area contributed by atoms with Crippen LogP contribution in [0, 0.1) is 10.1 Å². The number of hydrogen-bond acceptors (Lipinski definition) is 7. The number of methoxy groups -OCH3 is 1. The maximum atomic E-state index is 12.4. The van der Waals surface area contributed by atoms with E-state index in [2.05, 4.69) is 15.5 Å². The van der Waals surface area contributed by atoms with Gasteiger partial charge in [-0.05, 0) is 31.2 Å². The van der Waals surface area contributed by atoms with Crippen LogP contribution in [0.15, 0.2) is 52.7 Å². The van der Waals surface area contributed by atoms with Gasteiger partial charge in [0.25, 0.3) is 11.6 Å². The lowest BCUT2D eigenvalue weighted by molar-refractivity contribution is -0.384. The number of nitrogens with one attached hydrogen (secondary N) is 1. The first kappa shape index (κ1) is 20.0. The van der Waals surface area contributed by atoms with Gasteiger partial charge >= 0.3 is 0 Å². The third kappa shape index (κ3) is 5.08. The molecule has 0 bridgehead atoms. The summed E-state index contributed by atoms with van der Waals surface area (Å²) < 4.78 is 5.13. The number of nitro groups is 1.